The lowest BCUT2D eigenvalue weighted by Crippen LogP contribution is -2.43. The highest BCUT2D eigenvalue weighted by molar-refractivity contribution is 7.85. The van der Waals surface area contributed by atoms with Crippen LogP contribution in [-0.2, 0) is 36.8 Å². The van der Waals surface area contributed by atoms with E-state index < -0.39 is 43.7 Å². The quantitative estimate of drug-likeness (QED) is 0.0645. The first-order chi connectivity index (χ1) is 32.2. The van der Waals surface area contributed by atoms with Gasteiger partial charge in [0.15, 0.2) is 16.8 Å². The zero-order valence-corrected chi connectivity index (χ0v) is 42.0. The number of amides is 1. The molecule has 3 aromatic rings. The number of unbranched alkanes of at least 4 members (excludes halogenated alkanes) is 2. The van der Waals surface area contributed by atoms with Gasteiger partial charge in [0, 0.05) is 70.4 Å². The predicted molar refractivity (Wildman–Crippen MR) is 270 cm³/mol. The van der Waals surface area contributed by atoms with E-state index in [1.54, 1.807) is 6.07 Å². The Labute approximate surface area is 405 Å². The maximum Gasteiger partial charge on any atom is 0.415 e. The van der Waals surface area contributed by atoms with E-state index in [4.69, 9.17) is 4.74 Å². The van der Waals surface area contributed by atoms with Gasteiger partial charge in [0.1, 0.15) is 12.1 Å². The number of fused-ring (bicyclic) bond motifs is 3. The number of ether oxygens (including phenoxy) is 1. The second-order valence-corrected chi connectivity index (χ2v) is 22.9. The summed E-state index contributed by atoms with van der Waals surface area (Å²) in [6, 6.07) is 24.0. The molecule has 1 unspecified atom stereocenters. The van der Waals surface area contributed by atoms with Gasteiger partial charge in [-0.1, -0.05) is 63.5 Å². The average molecular weight is 959 g/mol. The first-order valence-electron chi connectivity index (χ1n) is 23.7. The van der Waals surface area contributed by atoms with Crippen LogP contribution in [0.1, 0.15) is 140 Å². The van der Waals surface area contributed by atoms with Crippen LogP contribution < -0.4 is 4.90 Å². The van der Waals surface area contributed by atoms with Crippen LogP contribution in [0, 0.1) is 22.7 Å². The minimum Gasteiger partial charge on any atom is -0.443 e. The van der Waals surface area contributed by atoms with E-state index in [9.17, 15) is 37.1 Å². The molecule has 0 aromatic heterocycles. The summed E-state index contributed by atoms with van der Waals surface area (Å²) in [5.41, 5.74) is 9.31. The SMILES string of the molecule is CC(C)(C)OC(=O)N(C1=C(/C=C/C2=[N+](CCCCS(=O)O)c3ccc(C#N)cc3C2(C)C)c2ccccc2/C1=C\C=C1\N(CCCCS(=O)(=O)O)c2ccc(C#N)cc2C1(C)C)C1CCCCC1. The van der Waals surface area contributed by atoms with Crippen LogP contribution in [0.4, 0.5) is 16.2 Å². The van der Waals surface area contributed by atoms with Gasteiger partial charge >= 0.3 is 6.09 Å². The Balaban J connectivity index is 1.45. The molecule has 2 N–H and O–H groups in total. The first-order valence-corrected chi connectivity index (χ1v) is 26.6. The lowest BCUT2D eigenvalue weighted by Gasteiger charge is -2.37. The highest BCUT2D eigenvalue weighted by Gasteiger charge is 2.46. The fourth-order valence-corrected chi connectivity index (χ4v) is 11.4. The third-order valence-corrected chi connectivity index (χ3v) is 15.1. The van der Waals surface area contributed by atoms with Gasteiger partial charge in [0.2, 0.25) is 5.69 Å². The molecule has 3 aromatic carbocycles. The van der Waals surface area contributed by atoms with Crippen molar-refractivity contribution >= 4 is 55.5 Å². The molecule has 2 aliphatic carbocycles. The number of anilines is 1. The van der Waals surface area contributed by atoms with Gasteiger partial charge in [-0.3, -0.25) is 9.45 Å². The van der Waals surface area contributed by atoms with E-state index in [-0.39, 0.29) is 24.0 Å². The van der Waals surface area contributed by atoms with E-state index in [1.807, 2.05) is 68.1 Å². The van der Waals surface area contributed by atoms with Crippen molar-refractivity contribution in [1.82, 2.24) is 4.90 Å². The Morgan fingerprint density at radius 3 is 2.21 bits per heavy atom. The average Bonchev–Trinajstić information content (AvgIpc) is 3.78. The third-order valence-electron chi connectivity index (χ3n) is 13.6. The van der Waals surface area contributed by atoms with Gasteiger partial charge in [-0.15, -0.1) is 0 Å². The van der Waals surface area contributed by atoms with E-state index in [0.29, 0.717) is 43.5 Å². The van der Waals surface area contributed by atoms with Crippen LogP contribution in [0.25, 0.3) is 11.1 Å². The molecule has 4 aliphatic rings. The molecule has 1 fully saturated rings. The molecule has 1 amide bonds. The molecular formula is C54H64N5O7S2+. The minimum atomic E-state index is -4.13. The Kier molecular flexibility index (Phi) is 14.9. The molecule has 2 aliphatic heterocycles. The van der Waals surface area contributed by atoms with Gasteiger partial charge in [0.25, 0.3) is 10.1 Å². The molecule has 12 nitrogen and oxygen atoms in total. The molecule has 2 heterocycles. The Morgan fingerprint density at radius 1 is 0.897 bits per heavy atom. The number of hydrogen-bond donors (Lipinski definition) is 2. The first kappa shape index (κ1) is 50.2. The number of allylic oxidation sites excluding steroid dienone is 7. The van der Waals surface area contributed by atoms with E-state index in [2.05, 4.69) is 85.7 Å². The molecule has 0 spiro atoms. The van der Waals surface area contributed by atoms with Gasteiger partial charge < -0.3 is 14.2 Å². The number of rotatable bonds is 15. The smallest absolute Gasteiger partial charge is 0.415 e. The fraction of sp³-hybridized carbons (Fsp3) is 0.444. The normalized spacial score (nSPS) is 19.3. The largest absolute Gasteiger partial charge is 0.443 e. The van der Waals surface area contributed by atoms with Gasteiger partial charge in [-0.05, 0) is 126 Å². The summed E-state index contributed by atoms with van der Waals surface area (Å²) in [5, 5.41) is 19.8. The van der Waals surface area contributed by atoms with Crippen molar-refractivity contribution in [3.05, 3.63) is 130 Å². The maximum atomic E-state index is 15.0. The molecule has 14 heteroatoms. The van der Waals surface area contributed by atoms with Crippen LogP contribution in [-0.4, -0.2) is 79.3 Å². The Hall–Kier alpha value is -5.64. The zero-order chi connectivity index (χ0) is 49.2. The topological polar surface area (TPSA) is 175 Å². The summed E-state index contributed by atoms with van der Waals surface area (Å²) < 4.78 is 62.7. The predicted octanol–water partition coefficient (Wildman–Crippen LogP) is 11.1. The zero-order valence-electron chi connectivity index (χ0n) is 40.3. The molecule has 68 heavy (non-hydrogen) atoms. The van der Waals surface area contributed by atoms with Crippen LogP contribution >= 0.6 is 0 Å². The molecular weight excluding hydrogens is 895 g/mol. The van der Waals surface area contributed by atoms with Crippen LogP contribution in [0.3, 0.4) is 0 Å². The standard InChI is InChI=1S/C54H63N5O7S2/c1-52(2,3)66-51(60)59(39-17-9-8-10-18-39)50-42(23-27-48-53(4,5)44-33-37(35-55)21-25-46(44)57(48)29-13-15-31-67(61)62)40-19-11-12-20-41(40)43(50)24-28-49-54(6,7)45-34-38(36-56)22-26-47(45)58(49)30-14-16-32-68(63,64)65/h11-12,19-28,33-34,39H,8-10,13-18,29-32H2,1-7H3,(H-,61,62,63,64,65)/p+1. The number of nitrogens with zero attached hydrogens (tertiary/aromatic N) is 5. The van der Waals surface area contributed by atoms with E-state index in [1.165, 1.54) is 0 Å². The number of hydrogen-bond acceptors (Lipinski definition) is 8. The molecule has 0 radical (unpaired) electrons. The Morgan fingerprint density at radius 2 is 1.56 bits per heavy atom. The molecule has 1 atom stereocenters. The summed E-state index contributed by atoms with van der Waals surface area (Å²) in [6.07, 6.45) is 14.6. The third kappa shape index (κ3) is 10.6. The number of carbonyl (C=O) groups is 1. The van der Waals surface area contributed by atoms with Crippen molar-refractivity contribution in [1.29, 1.82) is 10.5 Å². The number of carbonyl (C=O) groups excluding carboxylic acids is 1. The van der Waals surface area contributed by atoms with Crippen molar-refractivity contribution in [2.45, 2.75) is 129 Å². The second-order valence-electron chi connectivity index (χ2n) is 20.3. The number of benzene rings is 3. The highest BCUT2D eigenvalue weighted by atomic mass is 32.2. The van der Waals surface area contributed by atoms with Crippen LogP contribution in [0.5, 0.6) is 0 Å². The monoisotopic (exact) mass is 958 g/mol. The van der Waals surface area contributed by atoms with Gasteiger partial charge in [0.05, 0.1) is 40.1 Å². The fourth-order valence-electron chi connectivity index (χ4n) is 10.4. The maximum absolute atomic E-state index is 15.0. The summed E-state index contributed by atoms with van der Waals surface area (Å²) >= 11 is -1.90. The van der Waals surface area contributed by atoms with Crippen molar-refractivity contribution in [3.63, 3.8) is 0 Å². The Bertz CT molecular complexity index is 2860. The van der Waals surface area contributed by atoms with Crippen molar-refractivity contribution in [2.75, 3.05) is 29.5 Å². The summed E-state index contributed by atoms with van der Waals surface area (Å²) in [7, 11) is -4.13. The lowest BCUT2D eigenvalue weighted by atomic mass is 9.80. The van der Waals surface area contributed by atoms with Crippen LogP contribution in [0.15, 0.2) is 96.4 Å². The molecule has 7 rings (SSSR count). The van der Waals surface area contributed by atoms with Gasteiger partial charge in [-0.25, -0.2) is 9.00 Å². The van der Waals surface area contributed by atoms with Gasteiger partial charge in [-0.2, -0.15) is 23.5 Å². The minimum absolute atomic E-state index is 0.143. The van der Waals surface area contributed by atoms with Crippen LogP contribution in [0.2, 0.25) is 0 Å². The van der Waals surface area contributed by atoms with E-state index >= 15 is 0 Å². The summed E-state index contributed by atoms with van der Waals surface area (Å²) in [6.45, 7) is 15.2. The molecule has 358 valence electrons. The van der Waals surface area contributed by atoms with Crippen molar-refractivity contribution < 1.29 is 35.8 Å². The molecule has 0 bridgehead atoms. The van der Waals surface area contributed by atoms with E-state index in [0.717, 1.165) is 94.0 Å². The summed E-state index contributed by atoms with van der Waals surface area (Å²) in [5.74, 6) is -0.165. The highest BCUT2D eigenvalue weighted by Crippen LogP contribution is 2.51. The molecule has 1 saturated carbocycles. The van der Waals surface area contributed by atoms with Crippen molar-refractivity contribution in [3.8, 4) is 12.1 Å². The second kappa shape index (κ2) is 20.1. The lowest BCUT2D eigenvalue weighted by molar-refractivity contribution is -0.438. The summed E-state index contributed by atoms with van der Waals surface area (Å²) in [4.78, 5) is 19.1. The molecule has 0 saturated heterocycles. The number of nitriles is 2. The van der Waals surface area contributed by atoms with Crippen molar-refractivity contribution in [2.24, 2.45) is 0 Å².